The van der Waals surface area contributed by atoms with E-state index in [2.05, 4.69) is 15.0 Å². The van der Waals surface area contributed by atoms with Crippen molar-refractivity contribution in [1.29, 1.82) is 0 Å². The molecular weight excluding hydrogens is 266 g/mol. The highest BCUT2D eigenvalue weighted by Crippen LogP contribution is 2.01. The molecule has 0 saturated carbocycles. The molecule has 8 nitrogen and oxygen atoms in total. The van der Waals surface area contributed by atoms with Crippen LogP contribution in [-0.4, -0.2) is 40.6 Å². The minimum atomic E-state index is -1.42. The molecule has 4 N–H and O–H groups in total. The number of nitrogens with one attached hydrogen (secondary N) is 1. The van der Waals surface area contributed by atoms with Crippen LogP contribution in [0, 0.1) is 0 Å². The lowest BCUT2D eigenvalue weighted by atomic mass is 10.2. The number of pyridine rings is 1. The number of carboxylic acid groups (broad SMARTS) is 1. The topological polar surface area (TPSA) is 132 Å². The second-order valence-electron chi connectivity index (χ2n) is 3.79. The van der Waals surface area contributed by atoms with Gasteiger partial charge in [-0.3, -0.25) is 9.78 Å². The number of esters is 1. The zero-order valence-corrected chi connectivity index (χ0v) is 10.8. The summed E-state index contributed by atoms with van der Waals surface area (Å²) in [5, 5.41) is 11.2. The predicted octanol–water partition coefficient (Wildman–Crippen LogP) is -0.714. The molecule has 8 heteroatoms. The second-order valence-corrected chi connectivity index (χ2v) is 3.79. The van der Waals surface area contributed by atoms with E-state index < -0.39 is 23.9 Å². The lowest BCUT2D eigenvalue weighted by Crippen LogP contribution is -2.46. The van der Waals surface area contributed by atoms with E-state index in [4.69, 9.17) is 10.8 Å². The maximum Gasteiger partial charge on any atom is 0.335 e. The molecule has 1 atom stereocenters. The first-order chi connectivity index (χ1) is 9.45. The fourth-order valence-electron chi connectivity index (χ4n) is 1.33. The standard InChI is InChI=1S/C12H15N3O5/c1-2-20-12(19)9(13)10(16)15-6-8-5-7(11(17)18)3-4-14-8/h3-5,9H,2,6,13H2,1H3,(H,15,16)(H,17,18). The van der Waals surface area contributed by atoms with Gasteiger partial charge in [-0.2, -0.15) is 0 Å². The Morgan fingerprint density at radius 2 is 2.20 bits per heavy atom. The lowest BCUT2D eigenvalue weighted by Gasteiger charge is -2.11. The molecule has 0 aliphatic rings. The molecule has 1 amide bonds. The Morgan fingerprint density at radius 1 is 1.50 bits per heavy atom. The first-order valence-corrected chi connectivity index (χ1v) is 5.83. The quantitative estimate of drug-likeness (QED) is 0.463. The molecule has 0 radical (unpaired) electrons. The highest BCUT2D eigenvalue weighted by atomic mass is 16.5. The summed E-state index contributed by atoms with van der Waals surface area (Å²) in [5.41, 5.74) is 5.78. The van der Waals surface area contributed by atoms with Gasteiger partial charge in [0.2, 0.25) is 5.91 Å². The molecule has 108 valence electrons. The number of rotatable bonds is 6. The number of carboxylic acids is 1. The summed E-state index contributed by atoms with van der Waals surface area (Å²) in [6.45, 7) is 1.69. The van der Waals surface area contributed by atoms with Gasteiger partial charge in [-0.05, 0) is 19.1 Å². The fraction of sp³-hybridized carbons (Fsp3) is 0.333. The summed E-state index contributed by atoms with van der Waals surface area (Å²) in [7, 11) is 0. The highest BCUT2D eigenvalue weighted by Gasteiger charge is 2.23. The van der Waals surface area contributed by atoms with E-state index in [1.165, 1.54) is 18.3 Å². The minimum absolute atomic E-state index is 0.0347. The van der Waals surface area contributed by atoms with Crippen molar-refractivity contribution in [3.8, 4) is 0 Å². The lowest BCUT2D eigenvalue weighted by molar-refractivity contribution is -0.148. The van der Waals surface area contributed by atoms with Gasteiger partial charge in [0.05, 0.1) is 24.4 Å². The molecule has 1 unspecified atom stereocenters. The zero-order valence-electron chi connectivity index (χ0n) is 10.8. The molecule has 0 aromatic carbocycles. The number of hydrogen-bond donors (Lipinski definition) is 3. The zero-order chi connectivity index (χ0) is 15.1. The summed E-state index contributed by atoms with van der Waals surface area (Å²) in [4.78, 5) is 37.5. The number of aromatic nitrogens is 1. The second kappa shape index (κ2) is 7.19. The van der Waals surface area contributed by atoms with E-state index in [1.54, 1.807) is 6.92 Å². The van der Waals surface area contributed by atoms with Crippen molar-refractivity contribution in [2.75, 3.05) is 6.61 Å². The van der Waals surface area contributed by atoms with Gasteiger partial charge in [0.1, 0.15) is 0 Å². The molecule has 1 aromatic rings. The maximum atomic E-state index is 11.6. The largest absolute Gasteiger partial charge is 0.478 e. The van der Waals surface area contributed by atoms with Crippen molar-refractivity contribution in [3.05, 3.63) is 29.6 Å². The van der Waals surface area contributed by atoms with E-state index in [9.17, 15) is 14.4 Å². The van der Waals surface area contributed by atoms with Crippen molar-refractivity contribution in [1.82, 2.24) is 10.3 Å². The van der Waals surface area contributed by atoms with Gasteiger partial charge in [-0.15, -0.1) is 0 Å². The number of carbonyl (C=O) groups is 3. The van der Waals surface area contributed by atoms with E-state index in [0.717, 1.165) is 0 Å². The molecule has 0 bridgehead atoms. The van der Waals surface area contributed by atoms with Crippen LogP contribution in [0.25, 0.3) is 0 Å². The van der Waals surface area contributed by atoms with Crippen molar-refractivity contribution >= 4 is 17.8 Å². The van der Waals surface area contributed by atoms with E-state index in [1.807, 2.05) is 0 Å². The summed E-state index contributed by atoms with van der Waals surface area (Å²) in [6.07, 6.45) is 1.32. The minimum Gasteiger partial charge on any atom is -0.478 e. The summed E-state index contributed by atoms with van der Waals surface area (Å²) in [5.74, 6) is -2.63. The van der Waals surface area contributed by atoms with E-state index >= 15 is 0 Å². The molecule has 1 rings (SSSR count). The third kappa shape index (κ3) is 4.32. The highest BCUT2D eigenvalue weighted by molar-refractivity contribution is 6.01. The third-order valence-electron chi connectivity index (χ3n) is 2.33. The van der Waals surface area contributed by atoms with Crippen molar-refractivity contribution in [3.63, 3.8) is 0 Å². The number of carbonyl (C=O) groups excluding carboxylic acids is 2. The smallest absolute Gasteiger partial charge is 0.335 e. The van der Waals surface area contributed by atoms with Crippen LogP contribution in [0.3, 0.4) is 0 Å². The van der Waals surface area contributed by atoms with Crippen LogP contribution in [0.5, 0.6) is 0 Å². The summed E-state index contributed by atoms with van der Waals surface area (Å²) < 4.78 is 4.61. The SMILES string of the molecule is CCOC(=O)C(N)C(=O)NCc1cc(C(=O)O)ccn1. The van der Waals surface area contributed by atoms with Crippen LogP contribution < -0.4 is 11.1 Å². The molecule has 0 saturated heterocycles. The van der Waals surface area contributed by atoms with E-state index in [0.29, 0.717) is 5.69 Å². The first-order valence-electron chi connectivity index (χ1n) is 5.83. The van der Waals surface area contributed by atoms with Crippen LogP contribution >= 0.6 is 0 Å². The molecule has 0 aliphatic carbocycles. The van der Waals surface area contributed by atoms with Gasteiger partial charge in [0.15, 0.2) is 6.04 Å². The normalized spacial score (nSPS) is 11.5. The Hall–Kier alpha value is -2.48. The molecular formula is C12H15N3O5. The Balaban J connectivity index is 2.58. The van der Waals surface area contributed by atoms with Gasteiger partial charge < -0.3 is 20.9 Å². The number of aromatic carboxylic acids is 1. The monoisotopic (exact) mass is 281 g/mol. The van der Waals surface area contributed by atoms with Crippen LogP contribution in [0.4, 0.5) is 0 Å². The van der Waals surface area contributed by atoms with Crippen LogP contribution in [0.15, 0.2) is 18.3 Å². The average Bonchev–Trinajstić information content (AvgIpc) is 2.44. The number of ether oxygens (including phenoxy) is 1. The van der Waals surface area contributed by atoms with Crippen molar-refractivity contribution < 1.29 is 24.2 Å². The van der Waals surface area contributed by atoms with Gasteiger partial charge in [-0.1, -0.05) is 0 Å². The summed E-state index contributed by atoms with van der Waals surface area (Å²) in [6, 6.07) is 1.23. The number of nitrogens with two attached hydrogens (primary N) is 1. The van der Waals surface area contributed by atoms with Gasteiger partial charge >= 0.3 is 11.9 Å². The molecule has 0 fully saturated rings. The molecule has 0 aliphatic heterocycles. The number of amides is 1. The Morgan fingerprint density at radius 3 is 2.80 bits per heavy atom. The predicted molar refractivity (Wildman–Crippen MR) is 67.7 cm³/mol. The van der Waals surface area contributed by atoms with Crippen molar-refractivity contribution in [2.24, 2.45) is 5.73 Å². The fourth-order valence-corrected chi connectivity index (χ4v) is 1.33. The number of nitrogens with zero attached hydrogens (tertiary/aromatic N) is 1. The molecule has 20 heavy (non-hydrogen) atoms. The van der Waals surface area contributed by atoms with Crippen LogP contribution in [0.2, 0.25) is 0 Å². The van der Waals surface area contributed by atoms with Crippen LogP contribution in [0.1, 0.15) is 23.0 Å². The Kier molecular flexibility index (Phi) is 5.60. The maximum absolute atomic E-state index is 11.6. The molecule has 1 heterocycles. The van der Waals surface area contributed by atoms with E-state index in [-0.39, 0.29) is 18.7 Å². The third-order valence-corrected chi connectivity index (χ3v) is 2.33. The molecule has 1 aromatic heterocycles. The van der Waals surface area contributed by atoms with Gasteiger partial charge in [0.25, 0.3) is 0 Å². The van der Waals surface area contributed by atoms with Gasteiger partial charge in [-0.25, -0.2) is 9.59 Å². The first kappa shape index (κ1) is 15.6. The molecule has 0 spiro atoms. The van der Waals surface area contributed by atoms with Gasteiger partial charge in [0, 0.05) is 6.20 Å². The van der Waals surface area contributed by atoms with Crippen LogP contribution in [-0.2, 0) is 20.9 Å². The van der Waals surface area contributed by atoms with Crippen molar-refractivity contribution in [2.45, 2.75) is 19.5 Å². The Bertz CT molecular complexity index is 518. The number of hydrogen-bond acceptors (Lipinski definition) is 6. The Labute approximate surface area is 114 Å². The average molecular weight is 281 g/mol. The summed E-state index contributed by atoms with van der Waals surface area (Å²) >= 11 is 0.